The number of nitrogens with zero attached hydrogens (tertiary/aromatic N) is 5. The fourth-order valence-corrected chi connectivity index (χ4v) is 3.21. The number of pyridine rings is 1. The van der Waals surface area contributed by atoms with Crippen LogP contribution in [0.1, 0.15) is 11.4 Å². The minimum atomic E-state index is 0.261. The predicted molar refractivity (Wildman–Crippen MR) is 103 cm³/mol. The van der Waals surface area contributed by atoms with Gasteiger partial charge in [0.25, 0.3) is 0 Å². The lowest BCUT2D eigenvalue weighted by Crippen LogP contribution is -2.08. The zero-order chi connectivity index (χ0) is 18.3. The molecule has 0 bridgehead atoms. The van der Waals surface area contributed by atoms with Crippen LogP contribution in [0.5, 0.6) is 11.6 Å². The molecule has 2 N–H and O–H groups in total. The molecule has 7 nitrogen and oxygen atoms in total. The number of fused-ring (bicyclic) bond motifs is 1. The van der Waals surface area contributed by atoms with Crippen LogP contribution in [0.25, 0.3) is 16.7 Å². The molecule has 0 atom stereocenters. The second kappa shape index (κ2) is 6.38. The summed E-state index contributed by atoms with van der Waals surface area (Å²) in [5, 5.41) is 5.36. The van der Waals surface area contributed by atoms with Crippen LogP contribution in [0.15, 0.2) is 47.3 Å². The Morgan fingerprint density at radius 2 is 1.96 bits per heavy atom. The summed E-state index contributed by atoms with van der Waals surface area (Å²) in [6, 6.07) is 9.51. The summed E-state index contributed by atoms with van der Waals surface area (Å²) in [7, 11) is 0. The van der Waals surface area contributed by atoms with Crippen LogP contribution in [0.2, 0.25) is 0 Å². The van der Waals surface area contributed by atoms with E-state index in [4.69, 9.17) is 10.5 Å². The molecule has 0 aliphatic carbocycles. The van der Waals surface area contributed by atoms with Gasteiger partial charge in [-0.3, -0.25) is 4.98 Å². The summed E-state index contributed by atoms with van der Waals surface area (Å²) in [5.41, 5.74) is 9.11. The number of nitrogen functional groups attached to an aromatic ring is 1. The number of halogens is 1. The Balaban J connectivity index is 1.80. The molecule has 4 rings (SSSR count). The van der Waals surface area contributed by atoms with Gasteiger partial charge in [0.05, 0.1) is 5.69 Å². The van der Waals surface area contributed by atoms with Gasteiger partial charge in [-0.15, -0.1) is 0 Å². The van der Waals surface area contributed by atoms with Gasteiger partial charge in [0.15, 0.2) is 11.6 Å². The summed E-state index contributed by atoms with van der Waals surface area (Å²) < 4.78 is 8.60. The van der Waals surface area contributed by atoms with Crippen LogP contribution in [0, 0.1) is 13.8 Å². The van der Waals surface area contributed by atoms with E-state index in [-0.39, 0.29) is 5.88 Å². The monoisotopic (exact) mass is 410 g/mol. The Bertz CT molecular complexity index is 1120. The van der Waals surface area contributed by atoms with Gasteiger partial charge in [0, 0.05) is 21.7 Å². The minimum absolute atomic E-state index is 0.261. The van der Waals surface area contributed by atoms with Crippen LogP contribution >= 0.6 is 15.9 Å². The molecule has 0 spiro atoms. The van der Waals surface area contributed by atoms with E-state index in [0.717, 1.165) is 21.2 Å². The zero-order valence-corrected chi connectivity index (χ0v) is 15.7. The Morgan fingerprint density at radius 3 is 2.73 bits per heavy atom. The fourth-order valence-electron chi connectivity index (χ4n) is 2.76. The standard InChI is InChI=1S/C18H15BrN6O/c1-10-8-11(2)25(24-10)17-15(20)18(23-9-22-17)26-14-6-5-13(19)12-4-3-7-21-16(12)14/h3-9H,20H2,1-2H3. The highest BCUT2D eigenvalue weighted by molar-refractivity contribution is 9.10. The molecule has 0 saturated heterocycles. The van der Waals surface area contributed by atoms with E-state index in [0.29, 0.717) is 22.8 Å². The highest BCUT2D eigenvalue weighted by atomic mass is 79.9. The fraction of sp³-hybridized carbons (Fsp3) is 0.111. The largest absolute Gasteiger partial charge is 0.435 e. The topological polar surface area (TPSA) is 91.7 Å². The predicted octanol–water partition coefficient (Wildman–Crippen LogP) is 3.96. The molecule has 3 aromatic heterocycles. The number of hydrogen-bond donors (Lipinski definition) is 1. The van der Waals surface area contributed by atoms with Crippen molar-refractivity contribution in [2.24, 2.45) is 0 Å². The molecule has 0 saturated carbocycles. The average Bonchev–Trinajstić information content (AvgIpc) is 2.97. The van der Waals surface area contributed by atoms with E-state index in [2.05, 4.69) is 36.0 Å². The van der Waals surface area contributed by atoms with Crippen LogP contribution < -0.4 is 10.5 Å². The summed E-state index contributed by atoms with van der Waals surface area (Å²) in [6.45, 7) is 3.85. The lowest BCUT2D eigenvalue weighted by atomic mass is 10.2. The number of rotatable bonds is 3. The minimum Gasteiger partial charge on any atom is -0.435 e. The summed E-state index contributed by atoms with van der Waals surface area (Å²) in [4.78, 5) is 12.9. The maximum atomic E-state index is 6.27. The molecular formula is C18H15BrN6O. The zero-order valence-electron chi connectivity index (χ0n) is 14.1. The van der Waals surface area contributed by atoms with Crippen molar-refractivity contribution >= 4 is 32.5 Å². The molecule has 8 heteroatoms. The Hall–Kier alpha value is -3.00. The summed E-state index contributed by atoms with van der Waals surface area (Å²) >= 11 is 3.53. The first-order valence-corrected chi connectivity index (χ1v) is 8.69. The molecule has 130 valence electrons. The van der Waals surface area contributed by atoms with E-state index in [1.54, 1.807) is 10.9 Å². The van der Waals surface area contributed by atoms with Crippen LogP contribution in [-0.2, 0) is 0 Å². The Labute approximate surface area is 158 Å². The van der Waals surface area contributed by atoms with Crippen molar-refractivity contribution in [2.45, 2.75) is 13.8 Å². The summed E-state index contributed by atoms with van der Waals surface area (Å²) in [5.74, 6) is 1.31. The molecular weight excluding hydrogens is 396 g/mol. The first-order valence-electron chi connectivity index (χ1n) is 7.90. The number of benzene rings is 1. The molecule has 4 aromatic rings. The number of hydrogen-bond acceptors (Lipinski definition) is 6. The van der Waals surface area contributed by atoms with Crippen LogP contribution in [-0.4, -0.2) is 24.7 Å². The molecule has 0 aliphatic heterocycles. The maximum absolute atomic E-state index is 6.27. The van der Waals surface area contributed by atoms with Crippen molar-refractivity contribution in [3.8, 4) is 17.4 Å². The summed E-state index contributed by atoms with van der Waals surface area (Å²) in [6.07, 6.45) is 3.12. The molecule has 0 aliphatic rings. The van der Waals surface area contributed by atoms with E-state index >= 15 is 0 Å². The van der Waals surface area contributed by atoms with E-state index in [1.807, 2.05) is 44.2 Å². The number of ether oxygens (including phenoxy) is 1. The Kier molecular flexibility index (Phi) is 4.04. The Morgan fingerprint density at radius 1 is 1.12 bits per heavy atom. The molecule has 3 heterocycles. The van der Waals surface area contributed by atoms with Gasteiger partial charge in [-0.05, 0) is 38.1 Å². The molecule has 0 radical (unpaired) electrons. The van der Waals surface area contributed by atoms with Gasteiger partial charge in [-0.25, -0.2) is 9.67 Å². The third kappa shape index (κ3) is 2.78. The number of aryl methyl sites for hydroxylation is 2. The molecule has 0 amide bonds. The molecule has 1 aromatic carbocycles. The maximum Gasteiger partial charge on any atom is 0.248 e. The van der Waals surface area contributed by atoms with Gasteiger partial charge in [-0.1, -0.05) is 22.0 Å². The lowest BCUT2D eigenvalue weighted by Gasteiger charge is -2.12. The number of nitrogens with two attached hydrogens (primary N) is 1. The van der Waals surface area contributed by atoms with E-state index in [1.165, 1.54) is 6.33 Å². The third-order valence-corrected chi connectivity index (χ3v) is 4.61. The van der Waals surface area contributed by atoms with Gasteiger partial charge in [0.1, 0.15) is 17.5 Å². The second-order valence-electron chi connectivity index (χ2n) is 5.80. The highest BCUT2D eigenvalue weighted by Crippen LogP contribution is 2.35. The smallest absolute Gasteiger partial charge is 0.248 e. The van der Waals surface area contributed by atoms with Gasteiger partial charge in [0.2, 0.25) is 5.88 Å². The first kappa shape index (κ1) is 16.5. The van der Waals surface area contributed by atoms with Crippen molar-refractivity contribution in [2.75, 3.05) is 5.73 Å². The number of aromatic nitrogens is 5. The quantitative estimate of drug-likeness (QED) is 0.549. The van der Waals surface area contributed by atoms with Crippen LogP contribution in [0.4, 0.5) is 5.69 Å². The van der Waals surface area contributed by atoms with Crippen molar-refractivity contribution < 1.29 is 4.74 Å². The molecule has 0 fully saturated rings. The first-order chi connectivity index (χ1) is 12.5. The highest BCUT2D eigenvalue weighted by Gasteiger charge is 2.16. The van der Waals surface area contributed by atoms with Crippen molar-refractivity contribution in [3.05, 3.63) is 58.7 Å². The van der Waals surface area contributed by atoms with Gasteiger partial charge >= 0.3 is 0 Å². The van der Waals surface area contributed by atoms with Crippen molar-refractivity contribution in [3.63, 3.8) is 0 Å². The van der Waals surface area contributed by atoms with Crippen molar-refractivity contribution in [1.82, 2.24) is 24.7 Å². The number of anilines is 1. The van der Waals surface area contributed by atoms with Gasteiger partial charge < -0.3 is 10.5 Å². The normalized spacial score (nSPS) is 11.0. The van der Waals surface area contributed by atoms with Crippen LogP contribution in [0.3, 0.4) is 0 Å². The average molecular weight is 411 g/mol. The van der Waals surface area contributed by atoms with Gasteiger partial charge in [-0.2, -0.15) is 10.1 Å². The van der Waals surface area contributed by atoms with E-state index in [9.17, 15) is 0 Å². The lowest BCUT2D eigenvalue weighted by molar-refractivity contribution is 0.467. The molecule has 26 heavy (non-hydrogen) atoms. The SMILES string of the molecule is Cc1cc(C)n(-c2ncnc(Oc3ccc(Br)c4cccnc34)c2N)n1. The molecule has 0 unspecified atom stereocenters. The van der Waals surface area contributed by atoms with E-state index < -0.39 is 0 Å². The third-order valence-electron chi connectivity index (χ3n) is 3.92. The second-order valence-corrected chi connectivity index (χ2v) is 6.66. The van der Waals surface area contributed by atoms with Crippen molar-refractivity contribution in [1.29, 1.82) is 0 Å².